The largest absolute Gasteiger partial charge is 0.354 e. The first kappa shape index (κ1) is 7.61. The van der Waals surface area contributed by atoms with Crippen molar-refractivity contribution in [1.29, 1.82) is 0 Å². The molecular weight excluding hydrogens is 152 g/mol. The first-order valence-electron chi connectivity index (χ1n) is 4.35. The zero-order chi connectivity index (χ0) is 8.55. The zero-order valence-corrected chi connectivity index (χ0v) is 7.25. The SMILES string of the molecule is CCc1cnc2n1CC(N)CN2. The summed E-state index contributed by atoms with van der Waals surface area (Å²) >= 11 is 0. The molecule has 0 bridgehead atoms. The highest BCUT2D eigenvalue weighted by molar-refractivity contribution is 5.32. The molecule has 0 saturated heterocycles. The first-order chi connectivity index (χ1) is 5.81. The van der Waals surface area contributed by atoms with Crippen LogP contribution in [0.4, 0.5) is 5.95 Å². The molecule has 0 amide bonds. The lowest BCUT2D eigenvalue weighted by Gasteiger charge is -2.23. The zero-order valence-electron chi connectivity index (χ0n) is 7.25. The van der Waals surface area contributed by atoms with Gasteiger partial charge in [-0.15, -0.1) is 0 Å². The van der Waals surface area contributed by atoms with E-state index in [1.807, 2.05) is 6.20 Å². The Balaban J connectivity index is 2.34. The second-order valence-corrected chi connectivity index (χ2v) is 3.18. The fourth-order valence-corrected chi connectivity index (χ4v) is 1.56. The molecule has 12 heavy (non-hydrogen) atoms. The molecule has 0 fully saturated rings. The highest BCUT2D eigenvalue weighted by Crippen LogP contribution is 2.15. The van der Waals surface area contributed by atoms with Crippen molar-refractivity contribution in [3.05, 3.63) is 11.9 Å². The fraction of sp³-hybridized carbons (Fsp3) is 0.625. The quantitative estimate of drug-likeness (QED) is 0.626. The Morgan fingerprint density at radius 2 is 2.67 bits per heavy atom. The van der Waals surface area contributed by atoms with Gasteiger partial charge in [0, 0.05) is 24.8 Å². The normalized spacial score (nSPS) is 21.7. The van der Waals surface area contributed by atoms with Crippen LogP contribution < -0.4 is 11.1 Å². The number of imidazole rings is 1. The number of anilines is 1. The minimum absolute atomic E-state index is 0.219. The molecule has 3 N–H and O–H groups in total. The summed E-state index contributed by atoms with van der Waals surface area (Å²) in [6, 6.07) is 0.219. The third-order valence-electron chi connectivity index (χ3n) is 2.24. The standard InChI is InChI=1S/C8H14N4/c1-2-7-4-11-8-10-3-6(9)5-12(7)8/h4,6H,2-3,5,9H2,1H3,(H,10,11). The van der Waals surface area contributed by atoms with Crippen LogP contribution in [-0.4, -0.2) is 22.1 Å². The van der Waals surface area contributed by atoms with Gasteiger partial charge in [0.05, 0.1) is 6.20 Å². The van der Waals surface area contributed by atoms with Gasteiger partial charge in [-0.05, 0) is 6.42 Å². The Labute approximate surface area is 71.8 Å². The van der Waals surface area contributed by atoms with Gasteiger partial charge in [0.25, 0.3) is 0 Å². The maximum absolute atomic E-state index is 5.82. The minimum atomic E-state index is 0.219. The van der Waals surface area contributed by atoms with E-state index in [1.54, 1.807) is 0 Å². The van der Waals surface area contributed by atoms with E-state index in [2.05, 4.69) is 21.8 Å². The van der Waals surface area contributed by atoms with E-state index in [4.69, 9.17) is 5.73 Å². The molecule has 0 aliphatic carbocycles. The molecule has 1 aliphatic heterocycles. The molecule has 1 aromatic heterocycles. The van der Waals surface area contributed by atoms with Gasteiger partial charge in [-0.2, -0.15) is 0 Å². The molecule has 4 nitrogen and oxygen atoms in total. The maximum Gasteiger partial charge on any atom is 0.203 e. The second-order valence-electron chi connectivity index (χ2n) is 3.18. The van der Waals surface area contributed by atoms with Gasteiger partial charge in [0.1, 0.15) is 0 Å². The number of nitrogens with two attached hydrogens (primary N) is 1. The van der Waals surface area contributed by atoms with Gasteiger partial charge < -0.3 is 15.6 Å². The average molecular weight is 166 g/mol. The second kappa shape index (κ2) is 2.79. The topological polar surface area (TPSA) is 55.9 Å². The van der Waals surface area contributed by atoms with E-state index >= 15 is 0 Å². The van der Waals surface area contributed by atoms with Crippen LogP contribution in [0.2, 0.25) is 0 Å². The summed E-state index contributed by atoms with van der Waals surface area (Å²) in [5.41, 5.74) is 7.08. The summed E-state index contributed by atoms with van der Waals surface area (Å²) < 4.78 is 2.16. The van der Waals surface area contributed by atoms with Crippen molar-refractivity contribution in [2.45, 2.75) is 25.9 Å². The molecule has 0 aromatic carbocycles. The monoisotopic (exact) mass is 166 g/mol. The van der Waals surface area contributed by atoms with Crippen LogP contribution in [0.3, 0.4) is 0 Å². The van der Waals surface area contributed by atoms with Crippen LogP contribution in [0, 0.1) is 0 Å². The molecule has 4 heteroatoms. The van der Waals surface area contributed by atoms with Crippen molar-refractivity contribution < 1.29 is 0 Å². The molecule has 1 unspecified atom stereocenters. The third-order valence-corrected chi connectivity index (χ3v) is 2.24. The highest BCUT2D eigenvalue weighted by Gasteiger charge is 2.16. The molecule has 0 radical (unpaired) electrons. The number of hydrogen-bond donors (Lipinski definition) is 2. The molecule has 2 rings (SSSR count). The summed E-state index contributed by atoms with van der Waals surface area (Å²) in [6.07, 6.45) is 2.93. The Kier molecular flexibility index (Phi) is 1.77. The molecule has 1 atom stereocenters. The van der Waals surface area contributed by atoms with Crippen molar-refractivity contribution in [3.8, 4) is 0 Å². The number of rotatable bonds is 1. The van der Waals surface area contributed by atoms with Crippen molar-refractivity contribution in [2.24, 2.45) is 5.73 Å². The molecule has 1 aliphatic rings. The lowest BCUT2D eigenvalue weighted by Crippen LogP contribution is -2.38. The van der Waals surface area contributed by atoms with Crippen molar-refractivity contribution >= 4 is 5.95 Å². The number of aryl methyl sites for hydroxylation is 1. The third kappa shape index (κ3) is 1.08. The van der Waals surface area contributed by atoms with Gasteiger partial charge in [0.2, 0.25) is 5.95 Å². The predicted octanol–water partition coefficient (Wildman–Crippen LogP) is 0.198. The summed E-state index contributed by atoms with van der Waals surface area (Å²) in [5.74, 6) is 0.966. The number of fused-ring (bicyclic) bond motifs is 1. The number of aromatic nitrogens is 2. The molecule has 66 valence electrons. The Morgan fingerprint density at radius 3 is 3.42 bits per heavy atom. The van der Waals surface area contributed by atoms with Gasteiger partial charge in [0.15, 0.2) is 0 Å². The van der Waals surface area contributed by atoms with E-state index in [0.29, 0.717) is 0 Å². The number of nitrogens with one attached hydrogen (secondary N) is 1. The van der Waals surface area contributed by atoms with E-state index in [-0.39, 0.29) is 6.04 Å². The minimum Gasteiger partial charge on any atom is -0.354 e. The van der Waals surface area contributed by atoms with Crippen LogP contribution in [-0.2, 0) is 13.0 Å². The smallest absolute Gasteiger partial charge is 0.203 e. The summed E-state index contributed by atoms with van der Waals surface area (Å²) in [7, 11) is 0. The Hall–Kier alpha value is -1.03. The summed E-state index contributed by atoms with van der Waals surface area (Å²) in [5, 5.41) is 3.19. The maximum atomic E-state index is 5.82. The van der Waals surface area contributed by atoms with Gasteiger partial charge in [-0.3, -0.25) is 0 Å². The van der Waals surface area contributed by atoms with Crippen LogP contribution in [0.5, 0.6) is 0 Å². The molecule has 0 saturated carbocycles. The predicted molar refractivity (Wildman–Crippen MR) is 48.1 cm³/mol. The summed E-state index contributed by atoms with van der Waals surface area (Å²) in [6.45, 7) is 3.86. The lowest BCUT2D eigenvalue weighted by atomic mass is 10.2. The van der Waals surface area contributed by atoms with Crippen molar-refractivity contribution in [1.82, 2.24) is 9.55 Å². The van der Waals surface area contributed by atoms with Gasteiger partial charge >= 0.3 is 0 Å². The van der Waals surface area contributed by atoms with E-state index < -0.39 is 0 Å². The summed E-state index contributed by atoms with van der Waals surface area (Å²) in [4.78, 5) is 4.26. The Morgan fingerprint density at radius 1 is 1.83 bits per heavy atom. The highest BCUT2D eigenvalue weighted by atomic mass is 15.2. The molecule has 2 heterocycles. The van der Waals surface area contributed by atoms with Crippen molar-refractivity contribution in [2.75, 3.05) is 11.9 Å². The van der Waals surface area contributed by atoms with Crippen molar-refractivity contribution in [3.63, 3.8) is 0 Å². The van der Waals surface area contributed by atoms with Gasteiger partial charge in [-0.25, -0.2) is 4.98 Å². The van der Waals surface area contributed by atoms with E-state index in [0.717, 1.165) is 25.5 Å². The van der Waals surface area contributed by atoms with Crippen LogP contribution in [0.15, 0.2) is 6.20 Å². The Bertz CT molecular complexity index is 265. The fourth-order valence-electron chi connectivity index (χ4n) is 1.56. The van der Waals surface area contributed by atoms with E-state index in [9.17, 15) is 0 Å². The average Bonchev–Trinajstić information content (AvgIpc) is 2.46. The molecule has 0 spiro atoms. The van der Waals surface area contributed by atoms with Crippen LogP contribution in [0.1, 0.15) is 12.6 Å². The number of nitrogens with zero attached hydrogens (tertiary/aromatic N) is 2. The van der Waals surface area contributed by atoms with E-state index in [1.165, 1.54) is 5.69 Å². The molecular formula is C8H14N4. The molecule has 1 aromatic rings. The lowest BCUT2D eigenvalue weighted by molar-refractivity contribution is 0.529. The van der Waals surface area contributed by atoms with Crippen LogP contribution in [0.25, 0.3) is 0 Å². The number of hydrogen-bond acceptors (Lipinski definition) is 3. The van der Waals surface area contributed by atoms with Crippen LogP contribution >= 0.6 is 0 Å². The first-order valence-corrected chi connectivity index (χ1v) is 4.35. The van der Waals surface area contributed by atoms with Gasteiger partial charge in [-0.1, -0.05) is 6.92 Å².